The molecule has 0 saturated carbocycles. The molecule has 3 N–H and O–H groups in total. The Hall–Kier alpha value is -2.21. The van der Waals surface area contributed by atoms with Crippen molar-refractivity contribution in [1.29, 1.82) is 0 Å². The van der Waals surface area contributed by atoms with Crippen LogP contribution in [-0.2, 0) is 34.7 Å². The van der Waals surface area contributed by atoms with Gasteiger partial charge in [-0.2, -0.15) is 0 Å². The number of amides is 1. The molecule has 30 heavy (non-hydrogen) atoms. The lowest BCUT2D eigenvalue weighted by Crippen LogP contribution is -2.25. The molecule has 1 atom stereocenters. The summed E-state index contributed by atoms with van der Waals surface area (Å²) in [4.78, 5) is 32.0. The van der Waals surface area contributed by atoms with Crippen LogP contribution in [0.2, 0.25) is 0 Å². The molecule has 158 valence electrons. The Kier molecular flexibility index (Phi) is 5.47. The monoisotopic (exact) mass is 464 g/mol. The van der Waals surface area contributed by atoms with Crippen LogP contribution in [-0.4, -0.2) is 29.1 Å². The van der Waals surface area contributed by atoms with Gasteiger partial charge in [-0.05, 0) is 49.9 Å². The number of thiophene rings is 1. The lowest BCUT2D eigenvalue weighted by Gasteiger charge is -2.14. The summed E-state index contributed by atoms with van der Waals surface area (Å²) in [5, 5.41) is 8.43. The molecule has 0 spiro atoms. The highest BCUT2D eigenvalue weighted by Crippen LogP contribution is 2.35. The summed E-state index contributed by atoms with van der Waals surface area (Å²) < 4.78 is 24.5. The van der Waals surface area contributed by atoms with Crippen LogP contribution in [0.25, 0.3) is 10.2 Å². The highest BCUT2D eigenvalue weighted by Gasteiger charge is 2.24. The van der Waals surface area contributed by atoms with Gasteiger partial charge in [0.2, 0.25) is 15.9 Å². The number of thioether (sulfide) groups is 1. The van der Waals surface area contributed by atoms with Crippen LogP contribution in [0, 0.1) is 0 Å². The largest absolute Gasteiger partial charge is 0.325 e. The predicted molar refractivity (Wildman–Crippen MR) is 119 cm³/mol. The zero-order valence-corrected chi connectivity index (χ0v) is 18.8. The quantitative estimate of drug-likeness (QED) is 0.441. The average molecular weight is 465 g/mol. The lowest BCUT2D eigenvalue weighted by molar-refractivity contribution is -0.115. The van der Waals surface area contributed by atoms with Crippen molar-refractivity contribution in [2.45, 2.75) is 41.5 Å². The molecule has 3 aromatic rings. The van der Waals surface area contributed by atoms with E-state index in [1.165, 1.54) is 39.4 Å². The van der Waals surface area contributed by atoms with Gasteiger partial charge in [-0.3, -0.25) is 14.2 Å². The smallest absolute Gasteiger partial charge is 0.262 e. The molecule has 1 aliphatic carbocycles. The summed E-state index contributed by atoms with van der Waals surface area (Å²) >= 11 is 2.74. The van der Waals surface area contributed by atoms with E-state index in [4.69, 9.17) is 5.14 Å². The summed E-state index contributed by atoms with van der Waals surface area (Å²) in [5.41, 5.74) is 1.36. The minimum Gasteiger partial charge on any atom is -0.325 e. The van der Waals surface area contributed by atoms with E-state index >= 15 is 0 Å². The number of sulfonamides is 1. The minimum atomic E-state index is -3.86. The van der Waals surface area contributed by atoms with Gasteiger partial charge >= 0.3 is 0 Å². The van der Waals surface area contributed by atoms with Gasteiger partial charge in [-0.15, -0.1) is 11.3 Å². The molecule has 1 aliphatic rings. The number of nitrogens with zero attached hydrogens (tertiary/aromatic N) is 2. The third-order valence-corrected chi connectivity index (χ3v) is 8.23. The van der Waals surface area contributed by atoms with Gasteiger partial charge in [0.1, 0.15) is 4.83 Å². The second-order valence-electron chi connectivity index (χ2n) is 7.12. The van der Waals surface area contributed by atoms with E-state index in [0.717, 1.165) is 29.7 Å². The second kappa shape index (κ2) is 7.80. The van der Waals surface area contributed by atoms with Crippen LogP contribution in [0.15, 0.2) is 39.1 Å². The number of benzene rings is 1. The molecule has 0 unspecified atom stereocenters. The molecule has 2 heterocycles. The molecule has 0 bridgehead atoms. The van der Waals surface area contributed by atoms with Crippen molar-refractivity contribution >= 4 is 54.9 Å². The van der Waals surface area contributed by atoms with Crippen molar-refractivity contribution in [1.82, 2.24) is 9.55 Å². The Balaban J connectivity index is 1.56. The van der Waals surface area contributed by atoms with Crippen molar-refractivity contribution in [3.05, 3.63) is 45.1 Å². The maximum absolute atomic E-state index is 12.9. The lowest BCUT2D eigenvalue weighted by atomic mass is 10.2. The number of hydrogen-bond acceptors (Lipinski definition) is 7. The Labute approximate surface area is 181 Å². The number of nitrogens with one attached hydrogen (secondary N) is 1. The molecule has 8 nitrogen and oxygen atoms in total. The molecule has 1 aromatic carbocycles. The highest BCUT2D eigenvalue weighted by molar-refractivity contribution is 8.00. The summed E-state index contributed by atoms with van der Waals surface area (Å²) in [6.07, 6.45) is 2.97. The maximum Gasteiger partial charge on any atom is 0.262 e. The molecule has 11 heteroatoms. The van der Waals surface area contributed by atoms with Crippen molar-refractivity contribution in [2.75, 3.05) is 5.32 Å². The first-order valence-electron chi connectivity index (χ1n) is 9.27. The van der Waals surface area contributed by atoms with Gasteiger partial charge in [0, 0.05) is 17.6 Å². The van der Waals surface area contributed by atoms with Crippen molar-refractivity contribution in [2.24, 2.45) is 12.2 Å². The van der Waals surface area contributed by atoms with Gasteiger partial charge in [0.15, 0.2) is 5.16 Å². The fraction of sp³-hybridized carbons (Fsp3) is 0.316. The second-order valence-corrected chi connectivity index (χ2v) is 11.1. The number of primary sulfonamides is 1. The molecule has 0 radical (unpaired) electrons. The number of anilines is 1. The summed E-state index contributed by atoms with van der Waals surface area (Å²) in [5.74, 6) is -0.338. The fourth-order valence-electron chi connectivity index (χ4n) is 3.42. The number of carbonyl (C=O) groups excluding carboxylic acids is 1. The Bertz CT molecular complexity index is 1330. The third kappa shape index (κ3) is 3.89. The number of rotatable bonds is 5. The summed E-state index contributed by atoms with van der Waals surface area (Å²) in [7, 11) is -2.20. The van der Waals surface area contributed by atoms with E-state index in [0.29, 0.717) is 16.2 Å². The molecule has 0 saturated heterocycles. The Morgan fingerprint density at radius 3 is 2.87 bits per heavy atom. The summed E-state index contributed by atoms with van der Waals surface area (Å²) in [6, 6.07) is 5.74. The molecule has 1 amide bonds. The number of nitrogens with two attached hydrogens (primary N) is 1. The van der Waals surface area contributed by atoms with Crippen molar-refractivity contribution < 1.29 is 13.2 Å². The van der Waals surface area contributed by atoms with Crippen LogP contribution in [0.5, 0.6) is 0 Å². The molecule has 4 rings (SSSR count). The highest BCUT2D eigenvalue weighted by atomic mass is 32.2. The topological polar surface area (TPSA) is 124 Å². The van der Waals surface area contributed by atoms with E-state index < -0.39 is 15.3 Å². The number of aryl methyl sites for hydroxylation is 2. The number of aromatic nitrogens is 2. The van der Waals surface area contributed by atoms with Gasteiger partial charge in [-0.1, -0.05) is 17.8 Å². The van der Waals surface area contributed by atoms with Gasteiger partial charge in [0.25, 0.3) is 5.56 Å². The van der Waals surface area contributed by atoms with Crippen LogP contribution in [0.3, 0.4) is 0 Å². The van der Waals surface area contributed by atoms with Crippen LogP contribution in [0.4, 0.5) is 5.69 Å². The molecule has 0 fully saturated rings. The standard InChI is InChI=1S/C19H20N4O4S3/c1-10(16(24)21-11-5-3-6-12(9-11)30(20,26)27)28-19-22-17-15(18(25)23(19)2)13-7-4-8-14(13)29-17/h3,5-6,9-10H,4,7-8H2,1-2H3,(H,21,24)(H2,20,26,27)/t10-/m1/s1. The Morgan fingerprint density at radius 1 is 1.37 bits per heavy atom. The number of fused-ring (bicyclic) bond motifs is 3. The summed E-state index contributed by atoms with van der Waals surface area (Å²) in [6.45, 7) is 1.70. The van der Waals surface area contributed by atoms with E-state index in [1.807, 2.05) is 0 Å². The van der Waals surface area contributed by atoms with Gasteiger partial charge in [0.05, 0.1) is 15.5 Å². The van der Waals surface area contributed by atoms with Crippen LogP contribution in [0.1, 0.15) is 23.8 Å². The predicted octanol–water partition coefficient (Wildman–Crippen LogP) is 2.25. The molecular formula is C19H20N4O4S3. The van der Waals surface area contributed by atoms with Gasteiger partial charge < -0.3 is 5.32 Å². The maximum atomic E-state index is 12.9. The van der Waals surface area contributed by atoms with Crippen LogP contribution < -0.4 is 16.0 Å². The van der Waals surface area contributed by atoms with Crippen molar-refractivity contribution in [3.63, 3.8) is 0 Å². The van der Waals surface area contributed by atoms with E-state index in [1.54, 1.807) is 31.4 Å². The van der Waals surface area contributed by atoms with Crippen molar-refractivity contribution in [3.8, 4) is 0 Å². The first kappa shape index (κ1) is 21.0. The molecule has 0 aliphatic heterocycles. The Morgan fingerprint density at radius 2 is 2.13 bits per heavy atom. The normalized spacial score (nSPS) is 14.6. The first-order valence-corrected chi connectivity index (χ1v) is 12.5. The third-order valence-electron chi connectivity index (χ3n) is 4.99. The van der Waals surface area contributed by atoms with E-state index in [-0.39, 0.29) is 16.4 Å². The number of carbonyl (C=O) groups is 1. The van der Waals surface area contributed by atoms with Gasteiger partial charge in [-0.25, -0.2) is 18.5 Å². The molecular weight excluding hydrogens is 444 g/mol. The number of hydrogen-bond donors (Lipinski definition) is 2. The first-order chi connectivity index (χ1) is 14.1. The average Bonchev–Trinajstić information content (AvgIpc) is 3.26. The zero-order valence-electron chi connectivity index (χ0n) is 16.3. The molecule has 2 aromatic heterocycles. The fourth-order valence-corrected chi connectivity index (χ4v) is 6.15. The zero-order chi connectivity index (χ0) is 21.6. The van der Waals surface area contributed by atoms with Crippen LogP contribution >= 0.6 is 23.1 Å². The SMILES string of the molecule is C[C@@H](Sc1nc2sc3c(c2c(=O)n1C)CCC3)C(=O)Nc1cccc(S(N)(=O)=O)c1. The van der Waals surface area contributed by atoms with E-state index in [9.17, 15) is 18.0 Å². The minimum absolute atomic E-state index is 0.0825. The van der Waals surface area contributed by atoms with E-state index in [2.05, 4.69) is 10.3 Å².